The summed E-state index contributed by atoms with van der Waals surface area (Å²) in [5.41, 5.74) is 0. The van der Waals surface area contributed by atoms with Crippen molar-refractivity contribution in [1.82, 2.24) is 0 Å². The van der Waals surface area contributed by atoms with Crippen LogP contribution in [0, 0.1) is 0 Å². The van der Waals surface area contributed by atoms with Crippen molar-refractivity contribution < 1.29 is 42.1 Å². The third kappa shape index (κ3) is 45.9. The smallest absolute Gasteiger partial charge is 0.306 e. The summed E-state index contributed by atoms with van der Waals surface area (Å²) in [4.78, 5) is 37.6. The molecule has 0 fully saturated rings. The van der Waals surface area contributed by atoms with Gasteiger partial charge < -0.3 is 27.9 Å². The quantitative estimate of drug-likeness (QED) is 0.0197. The lowest BCUT2D eigenvalue weighted by molar-refractivity contribution is -0.870. The van der Waals surface area contributed by atoms with Crippen LogP contribution in [0.2, 0.25) is 0 Å². The molecule has 0 aliphatic heterocycles. The van der Waals surface area contributed by atoms with E-state index in [0.29, 0.717) is 23.9 Å². The van der Waals surface area contributed by atoms with Gasteiger partial charge in [-0.2, -0.15) is 0 Å². The van der Waals surface area contributed by atoms with Crippen molar-refractivity contribution in [2.45, 2.75) is 148 Å². The number of nitrogens with zero attached hydrogens (tertiary/aromatic N) is 1. The van der Waals surface area contributed by atoms with Gasteiger partial charge in [0.2, 0.25) is 0 Å². The van der Waals surface area contributed by atoms with Crippen molar-refractivity contribution in [3.05, 3.63) is 122 Å². The Morgan fingerprint density at radius 1 is 0.500 bits per heavy atom. The molecule has 0 heterocycles. The Morgan fingerprint density at radius 3 is 1.31 bits per heavy atom. The molecule has 0 N–H and O–H groups in total. The number of likely N-dealkylation sites (N-methyl/N-ethyl adjacent to an activating group) is 1. The molecule has 0 aromatic heterocycles. The standard InChI is InChI=1S/C52H84NO8P/c1-6-8-10-12-14-16-18-20-22-24-25-26-27-29-31-33-35-37-39-41-43-45-52(55)61-50(49-60-62(56,57)59-47-46-53(3,4)5)48-58-51(54)44-42-40-38-36-34-32-30-28-23-21-19-17-15-13-11-9-7-2/h8-11,14-17,20-23,25-26,29-32,35,37,50H,6-7,12-13,18-19,24,27-28,33-34,36,38-49H2,1-5H3/b10-8-,11-9-,16-14-,17-15-,22-20-,23-21-,26-25-,31-29-,32-30-,37-35-. The Morgan fingerprint density at radius 2 is 0.871 bits per heavy atom. The minimum absolute atomic E-state index is 0.0517. The maximum atomic E-state index is 12.7. The number of quaternary nitrogens is 1. The Hall–Kier alpha value is -3.59. The molecular weight excluding hydrogens is 798 g/mol. The highest BCUT2D eigenvalue weighted by Gasteiger charge is 2.21. The van der Waals surface area contributed by atoms with Crippen LogP contribution in [0.15, 0.2) is 122 Å². The van der Waals surface area contributed by atoms with Gasteiger partial charge in [0.05, 0.1) is 27.7 Å². The third-order valence-corrected chi connectivity index (χ3v) is 9.94. The average Bonchev–Trinajstić information content (AvgIpc) is 3.23. The van der Waals surface area contributed by atoms with Crippen LogP contribution in [0.1, 0.15) is 142 Å². The van der Waals surface area contributed by atoms with Crippen LogP contribution in [0.5, 0.6) is 0 Å². The lowest BCUT2D eigenvalue weighted by Crippen LogP contribution is -2.37. The predicted molar refractivity (Wildman–Crippen MR) is 258 cm³/mol. The summed E-state index contributed by atoms with van der Waals surface area (Å²) in [6.07, 6.45) is 59.4. The molecule has 0 spiro atoms. The minimum atomic E-state index is -4.66. The van der Waals surface area contributed by atoms with Gasteiger partial charge >= 0.3 is 11.9 Å². The number of phosphoric acid groups is 1. The third-order valence-electron chi connectivity index (χ3n) is 8.98. The Kier molecular flexibility index (Phi) is 40.2. The van der Waals surface area contributed by atoms with Gasteiger partial charge in [-0.25, -0.2) is 0 Å². The summed E-state index contributed by atoms with van der Waals surface area (Å²) in [5.74, 6) is -0.928. The second-order valence-electron chi connectivity index (χ2n) is 16.0. The average molecular weight is 882 g/mol. The van der Waals surface area contributed by atoms with E-state index < -0.39 is 32.5 Å². The van der Waals surface area contributed by atoms with Crippen molar-refractivity contribution >= 4 is 19.8 Å². The van der Waals surface area contributed by atoms with Crippen LogP contribution in [0.4, 0.5) is 0 Å². The number of allylic oxidation sites excluding steroid dienone is 20. The van der Waals surface area contributed by atoms with E-state index in [9.17, 15) is 19.0 Å². The normalized spacial score (nSPS) is 14.6. The molecule has 0 saturated carbocycles. The van der Waals surface area contributed by atoms with Crippen LogP contribution in [0.25, 0.3) is 0 Å². The van der Waals surface area contributed by atoms with E-state index in [4.69, 9.17) is 18.5 Å². The van der Waals surface area contributed by atoms with Gasteiger partial charge in [-0.05, 0) is 103 Å². The molecule has 0 rings (SSSR count). The molecule has 0 bridgehead atoms. The number of rotatable bonds is 40. The molecule has 0 aliphatic carbocycles. The van der Waals surface area contributed by atoms with Gasteiger partial charge in [0.15, 0.2) is 6.10 Å². The summed E-state index contributed by atoms with van der Waals surface area (Å²) in [7, 11) is 1.10. The van der Waals surface area contributed by atoms with Gasteiger partial charge in [0, 0.05) is 12.8 Å². The number of hydrogen-bond donors (Lipinski definition) is 0. The number of phosphoric ester groups is 1. The molecule has 0 aliphatic rings. The highest BCUT2D eigenvalue weighted by Crippen LogP contribution is 2.38. The van der Waals surface area contributed by atoms with Crippen molar-refractivity contribution in [1.29, 1.82) is 0 Å². The summed E-state index contributed by atoms with van der Waals surface area (Å²) in [6, 6.07) is 0. The fourth-order valence-corrected chi connectivity index (χ4v) is 6.14. The first-order valence-electron chi connectivity index (χ1n) is 23.2. The first-order chi connectivity index (χ1) is 30.0. The molecule has 62 heavy (non-hydrogen) atoms. The number of hydrogen-bond acceptors (Lipinski definition) is 8. The first-order valence-corrected chi connectivity index (χ1v) is 24.7. The highest BCUT2D eigenvalue weighted by atomic mass is 31.2. The maximum absolute atomic E-state index is 12.7. The van der Waals surface area contributed by atoms with Gasteiger partial charge in [-0.15, -0.1) is 0 Å². The van der Waals surface area contributed by atoms with Crippen LogP contribution in [-0.2, 0) is 32.7 Å². The summed E-state index contributed by atoms with van der Waals surface area (Å²) in [5, 5.41) is 0. The second-order valence-corrected chi connectivity index (χ2v) is 17.4. The Balaban J connectivity index is 4.49. The summed E-state index contributed by atoms with van der Waals surface area (Å²) >= 11 is 0. The predicted octanol–water partition coefficient (Wildman–Crippen LogP) is 13.1. The van der Waals surface area contributed by atoms with E-state index in [-0.39, 0.29) is 26.1 Å². The fraction of sp³-hybridized carbons (Fsp3) is 0.577. The summed E-state index contributed by atoms with van der Waals surface area (Å²) < 4.78 is 33.9. The molecular formula is C52H84NO8P. The zero-order chi connectivity index (χ0) is 45.7. The molecule has 350 valence electrons. The topological polar surface area (TPSA) is 111 Å². The fourth-order valence-electron chi connectivity index (χ4n) is 5.41. The molecule has 0 aromatic carbocycles. The Bertz CT molecular complexity index is 1460. The number of carbonyl (C=O) groups is 2. The molecule has 9 nitrogen and oxygen atoms in total. The van der Waals surface area contributed by atoms with Crippen LogP contribution in [0.3, 0.4) is 0 Å². The number of ether oxygens (including phenoxy) is 2. The lowest BCUT2D eigenvalue weighted by Gasteiger charge is -2.28. The van der Waals surface area contributed by atoms with E-state index >= 15 is 0 Å². The van der Waals surface area contributed by atoms with Crippen LogP contribution in [-0.4, -0.2) is 70.0 Å². The monoisotopic (exact) mass is 882 g/mol. The van der Waals surface area contributed by atoms with Crippen molar-refractivity contribution in [3.63, 3.8) is 0 Å². The molecule has 2 unspecified atom stereocenters. The number of carbonyl (C=O) groups excluding carboxylic acids is 2. The van der Waals surface area contributed by atoms with Gasteiger partial charge in [0.25, 0.3) is 7.82 Å². The largest absolute Gasteiger partial charge is 0.756 e. The molecule has 0 aromatic rings. The molecule has 0 amide bonds. The number of unbranched alkanes of at least 4 members (excludes halogenated alkanes) is 6. The first kappa shape index (κ1) is 58.4. The zero-order valence-corrected chi connectivity index (χ0v) is 40.1. The molecule has 2 atom stereocenters. The Labute approximate surface area is 378 Å². The highest BCUT2D eigenvalue weighted by molar-refractivity contribution is 7.45. The van der Waals surface area contributed by atoms with Crippen molar-refractivity contribution in [3.8, 4) is 0 Å². The van der Waals surface area contributed by atoms with E-state index in [1.807, 2.05) is 21.1 Å². The van der Waals surface area contributed by atoms with Crippen molar-refractivity contribution in [2.24, 2.45) is 0 Å². The molecule has 0 saturated heterocycles. The molecule has 0 radical (unpaired) electrons. The van der Waals surface area contributed by atoms with Gasteiger partial charge in [-0.3, -0.25) is 14.2 Å². The minimum Gasteiger partial charge on any atom is -0.756 e. The zero-order valence-electron chi connectivity index (χ0n) is 39.3. The lowest BCUT2D eigenvalue weighted by atomic mass is 10.1. The van der Waals surface area contributed by atoms with Gasteiger partial charge in [-0.1, -0.05) is 148 Å². The van der Waals surface area contributed by atoms with E-state index in [0.717, 1.165) is 103 Å². The van der Waals surface area contributed by atoms with Crippen molar-refractivity contribution in [2.75, 3.05) is 47.5 Å². The maximum Gasteiger partial charge on any atom is 0.306 e. The molecule has 10 heteroatoms. The summed E-state index contributed by atoms with van der Waals surface area (Å²) in [6.45, 7) is 3.88. The van der Waals surface area contributed by atoms with E-state index in [2.05, 4.69) is 135 Å². The van der Waals surface area contributed by atoms with E-state index in [1.165, 1.54) is 0 Å². The van der Waals surface area contributed by atoms with Crippen LogP contribution >= 0.6 is 7.82 Å². The van der Waals surface area contributed by atoms with Crippen LogP contribution < -0.4 is 4.89 Å². The second kappa shape index (κ2) is 42.7. The van der Waals surface area contributed by atoms with Gasteiger partial charge in [0.1, 0.15) is 19.8 Å². The SMILES string of the molecule is CC/C=C\C/C=C\C/C=C\C/C=C\C/C=C\C/C=C\CCCCC(=O)OC(COC(=O)CCCCCC/C=C\C/C=C\C/C=C\C/C=C\CC)COP(=O)([O-])OCC[N+](C)(C)C. The van der Waals surface area contributed by atoms with E-state index in [1.54, 1.807) is 0 Å². The number of esters is 2.